The molecular weight excluding hydrogens is 270 g/mol. The quantitative estimate of drug-likeness (QED) is 0.727. The molecular formula is C15H21N3O3. The van der Waals surface area contributed by atoms with Crippen LogP contribution in [-0.2, 0) is 9.59 Å². The van der Waals surface area contributed by atoms with Crippen molar-refractivity contribution in [2.24, 2.45) is 0 Å². The van der Waals surface area contributed by atoms with Gasteiger partial charge in [-0.3, -0.25) is 9.59 Å². The first kappa shape index (κ1) is 15.2. The van der Waals surface area contributed by atoms with Gasteiger partial charge in [0.1, 0.15) is 5.75 Å². The van der Waals surface area contributed by atoms with Crippen molar-refractivity contribution in [1.29, 1.82) is 0 Å². The molecule has 1 unspecified atom stereocenters. The Morgan fingerprint density at radius 1 is 1.29 bits per heavy atom. The molecule has 0 saturated heterocycles. The zero-order valence-corrected chi connectivity index (χ0v) is 12.1. The van der Waals surface area contributed by atoms with Gasteiger partial charge in [-0.05, 0) is 18.6 Å². The second kappa shape index (κ2) is 7.52. The molecule has 3 N–H and O–H groups in total. The maximum atomic E-state index is 12.0. The van der Waals surface area contributed by atoms with Crippen molar-refractivity contribution >= 4 is 17.5 Å². The van der Waals surface area contributed by atoms with Crippen LogP contribution in [0.25, 0.3) is 0 Å². The van der Waals surface area contributed by atoms with Gasteiger partial charge >= 0.3 is 0 Å². The van der Waals surface area contributed by atoms with Crippen LogP contribution in [-0.4, -0.2) is 37.6 Å². The summed E-state index contributed by atoms with van der Waals surface area (Å²) in [5, 5.41) is 8.65. The standard InChI is InChI=1S/C15H21N3O3/c1-2-8-16-14(19)7-9-17-15(20)13-10-18-11-5-3-4-6-12(11)21-13/h3-6,13,18H,2,7-10H2,1H3,(H,16,19)(H,17,20). The highest BCUT2D eigenvalue weighted by Gasteiger charge is 2.25. The lowest BCUT2D eigenvalue weighted by Gasteiger charge is -2.26. The van der Waals surface area contributed by atoms with E-state index in [0.29, 0.717) is 25.4 Å². The van der Waals surface area contributed by atoms with Gasteiger partial charge in [0.2, 0.25) is 5.91 Å². The number of benzene rings is 1. The van der Waals surface area contributed by atoms with Crippen LogP contribution in [0.2, 0.25) is 0 Å². The molecule has 0 aromatic heterocycles. The predicted molar refractivity (Wildman–Crippen MR) is 80.3 cm³/mol. The Morgan fingerprint density at radius 3 is 2.90 bits per heavy atom. The molecule has 1 heterocycles. The van der Waals surface area contributed by atoms with Crippen LogP contribution in [0, 0.1) is 0 Å². The minimum Gasteiger partial charge on any atom is -0.477 e. The van der Waals surface area contributed by atoms with Crippen molar-refractivity contribution in [2.75, 3.05) is 25.0 Å². The summed E-state index contributed by atoms with van der Waals surface area (Å²) < 4.78 is 5.64. The smallest absolute Gasteiger partial charge is 0.262 e. The molecule has 1 atom stereocenters. The van der Waals surface area contributed by atoms with Crippen molar-refractivity contribution in [2.45, 2.75) is 25.9 Å². The highest BCUT2D eigenvalue weighted by Crippen LogP contribution is 2.28. The predicted octanol–water partition coefficient (Wildman–Crippen LogP) is 0.892. The van der Waals surface area contributed by atoms with Gasteiger partial charge in [0.15, 0.2) is 6.10 Å². The van der Waals surface area contributed by atoms with Crippen molar-refractivity contribution in [3.63, 3.8) is 0 Å². The number of carbonyl (C=O) groups is 2. The fourth-order valence-corrected chi connectivity index (χ4v) is 2.03. The Labute approximate surface area is 124 Å². The summed E-state index contributed by atoms with van der Waals surface area (Å²) in [5.74, 6) is 0.412. The minimum absolute atomic E-state index is 0.0508. The molecule has 1 aliphatic heterocycles. The first-order chi connectivity index (χ1) is 10.2. The van der Waals surface area contributed by atoms with Crippen molar-refractivity contribution in [3.05, 3.63) is 24.3 Å². The summed E-state index contributed by atoms with van der Waals surface area (Å²) in [6.07, 6.45) is 0.611. The summed E-state index contributed by atoms with van der Waals surface area (Å²) in [6.45, 7) is 3.40. The number of carbonyl (C=O) groups excluding carboxylic acids is 2. The summed E-state index contributed by atoms with van der Waals surface area (Å²) in [6, 6.07) is 7.49. The van der Waals surface area contributed by atoms with E-state index < -0.39 is 6.10 Å². The average molecular weight is 291 g/mol. The summed E-state index contributed by atoms with van der Waals surface area (Å²) in [5.41, 5.74) is 0.889. The number of nitrogens with one attached hydrogen (secondary N) is 3. The Morgan fingerprint density at radius 2 is 2.10 bits per heavy atom. The van der Waals surface area contributed by atoms with Gasteiger partial charge in [-0.2, -0.15) is 0 Å². The zero-order valence-electron chi connectivity index (χ0n) is 12.1. The van der Waals surface area contributed by atoms with E-state index in [1.807, 2.05) is 31.2 Å². The fraction of sp³-hybridized carbons (Fsp3) is 0.467. The third-order valence-corrected chi connectivity index (χ3v) is 3.15. The van der Waals surface area contributed by atoms with Gasteiger partial charge in [0.05, 0.1) is 12.2 Å². The number of hydrogen-bond acceptors (Lipinski definition) is 4. The Kier molecular flexibility index (Phi) is 5.43. The molecule has 1 aromatic rings. The van der Waals surface area contributed by atoms with Crippen LogP contribution in [0.5, 0.6) is 5.75 Å². The largest absolute Gasteiger partial charge is 0.477 e. The van der Waals surface area contributed by atoms with Crippen LogP contribution >= 0.6 is 0 Å². The molecule has 2 amide bonds. The Bertz CT molecular complexity index is 505. The molecule has 0 aliphatic carbocycles. The topological polar surface area (TPSA) is 79.5 Å². The second-order valence-corrected chi connectivity index (χ2v) is 4.87. The molecule has 114 valence electrons. The minimum atomic E-state index is -0.571. The third-order valence-electron chi connectivity index (χ3n) is 3.15. The Hall–Kier alpha value is -2.24. The number of hydrogen-bond donors (Lipinski definition) is 3. The molecule has 0 spiro atoms. The third kappa shape index (κ3) is 4.37. The number of para-hydroxylation sites is 2. The molecule has 6 heteroatoms. The zero-order chi connectivity index (χ0) is 15.1. The van der Waals surface area contributed by atoms with E-state index >= 15 is 0 Å². The highest BCUT2D eigenvalue weighted by molar-refractivity contribution is 5.83. The maximum absolute atomic E-state index is 12.0. The maximum Gasteiger partial charge on any atom is 0.262 e. The Balaban J connectivity index is 1.74. The van der Waals surface area contributed by atoms with Crippen LogP contribution in [0.4, 0.5) is 5.69 Å². The van der Waals surface area contributed by atoms with Gasteiger partial charge in [-0.25, -0.2) is 0 Å². The number of anilines is 1. The molecule has 0 radical (unpaired) electrons. The molecule has 0 fully saturated rings. The first-order valence-corrected chi connectivity index (χ1v) is 7.24. The van der Waals surface area contributed by atoms with E-state index in [1.165, 1.54) is 0 Å². The van der Waals surface area contributed by atoms with Crippen molar-refractivity contribution in [1.82, 2.24) is 10.6 Å². The SMILES string of the molecule is CCCNC(=O)CCNC(=O)C1CNc2ccccc2O1. The first-order valence-electron chi connectivity index (χ1n) is 7.24. The molecule has 0 bridgehead atoms. The van der Waals surface area contributed by atoms with Gasteiger partial charge in [-0.15, -0.1) is 0 Å². The molecule has 6 nitrogen and oxygen atoms in total. The number of rotatable bonds is 6. The lowest BCUT2D eigenvalue weighted by Crippen LogP contribution is -2.45. The molecule has 1 aromatic carbocycles. The van der Waals surface area contributed by atoms with E-state index in [1.54, 1.807) is 0 Å². The van der Waals surface area contributed by atoms with Crippen LogP contribution in [0.1, 0.15) is 19.8 Å². The average Bonchev–Trinajstić information content (AvgIpc) is 2.52. The van der Waals surface area contributed by atoms with Gasteiger partial charge < -0.3 is 20.7 Å². The lowest BCUT2D eigenvalue weighted by atomic mass is 10.2. The lowest BCUT2D eigenvalue weighted by molar-refractivity contribution is -0.127. The summed E-state index contributed by atoms with van der Waals surface area (Å²) >= 11 is 0. The van der Waals surface area contributed by atoms with Crippen molar-refractivity contribution in [3.8, 4) is 5.75 Å². The van der Waals surface area contributed by atoms with Crippen molar-refractivity contribution < 1.29 is 14.3 Å². The van der Waals surface area contributed by atoms with E-state index in [9.17, 15) is 9.59 Å². The van der Waals surface area contributed by atoms with E-state index in [4.69, 9.17) is 4.74 Å². The fourth-order valence-electron chi connectivity index (χ4n) is 2.03. The summed E-state index contributed by atoms with van der Waals surface area (Å²) in [7, 11) is 0. The number of amides is 2. The second-order valence-electron chi connectivity index (χ2n) is 4.87. The molecule has 1 aliphatic rings. The normalized spacial score (nSPS) is 16.1. The molecule has 2 rings (SSSR count). The molecule has 21 heavy (non-hydrogen) atoms. The van der Waals surface area contributed by atoms with Crippen LogP contribution < -0.4 is 20.7 Å². The monoisotopic (exact) mass is 291 g/mol. The molecule has 0 saturated carbocycles. The number of ether oxygens (including phenoxy) is 1. The van der Waals surface area contributed by atoms with E-state index in [2.05, 4.69) is 16.0 Å². The number of fused-ring (bicyclic) bond motifs is 1. The van der Waals surface area contributed by atoms with Gasteiger partial charge in [0.25, 0.3) is 5.91 Å². The summed E-state index contributed by atoms with van der Waals surface area (Å²) in [4.78, 5) is 23.4. The van der Waals surface area contributed by atoms with Crippen LogP contribution in [0.3, 0.4) is 0 Å². The van der Waals surface area contributed by atoms with E-state index in [0.717, 1.165) is 12.1 Å². The van der Waals surface area contributed by atoms with Crippen LogP contribution in [0.15, 0.2) is 24.3 Å². The van der Waals surface area contributed by atoms with Gasteiger partial charge in [0, 0.05) is 19.5 Å². The van der Waals surface area contributed by atoms with E-state index in [-0.39, 0.29) is 18.2 Å². The van der Waals surface area contributed by atoms with Gasteiger partial charge in [-0.1, -0.05) is 19.1 Å². The highest BCUT2D eigenvalue weighted by atomic mass is 16.5.